The molecule has 1 aromatic heterocycles. The lowest BCUT2D eigenvalue weighted by Crippen LogP contribution is -2.10. The largest absolute Gasteiger partial charge is 0.481 e. The maximum Gasteiger partial charge on any atom is 0.303 e. The van der Waals surface area contributed by atoms with Crippen LogP contribution >= 0.6 is 0 Å². The zero-order chi connectivity index (χ0) is 11.5. The van der Waals surface area contributed by atoms with E-state index in [1.807, 2.05) is 0 Å². The Bertz CT molecular complexity index is 358. The zero-order valence-electron chi connectivity index (χ0n) is 8.83. The van der Waals surface area contributed by atoms with E-state index >= 15 is 0 Å². The van der Waals surface area contributed by atoms with Crippen molar-refractivity contribution in [3.63, 3.8) is 0 Å². The van der Waals surface area contributed by atoms with Gasteiger partial charge in [0.15, 0.2) is 0 Å². The van der Waals surface area contributed by atoms with E-state index in [9.17, 15) is 9.18 Å². The van der Waals surface area contributed by atoms with Crippen molar-refractivity contribution in [2.45, 2.75) is 32.4 Å². The lowest BCUT2D eigenvalue weighted by Gasteiger charge is -2.14. The monoisotopic (exact) mass is 211 g/mol. The quantitative estimate of drug-likeness (QED) is 0.831. The molecule has 0 radical (unpaired) electrons. The minimum absolute atomic E-state index is 0.0170. The summed E-state index contributed by atoms with van der Waals surface area (Å²) in [4.78, 5) is 14.3. The molecule has 0 aliphatic rings. The van der Waals surface area contributed by atoms with Crippen LogP contribution in [-0.2, 0) is 16.9 Å². The van der Waals surface area contributed by atoms with Gasteiger partial charge in [-0.1, -0.05) is 0 Å². The molecule has 0 fully saturated rings. The number of carboxylic acids is 1. The van der Waals surface area contributed by atoms with Crippen LogP contribution in [0.15, 0.2) is 18.3 Å². The number of alkyl halides is 1. The summed E-state index contributed by atoms with van der Waals surface area (Å²) in [6, 6.07) is 3.22. The summed E-state index contributed by atoms with van der Waals surface area (Å²) in [5.41, 5.74) is -0.278. The molecule has 3 nitrogen and oxygen atoms in total. The summed E-state index contributed by atoms with van der Waals surface area (Å²) < 4.78 is 13.6. The Labute approximate surface area is 88.0 Å². The number of aliphatic carboxylic acids is 1. The third-order valence-electron chi connectivity index (χ3n) is 2.10. The van der Waals surface area contributed by atoms with Gasteiger partial charge in [-0.2, -0.15) is 0 Å². The molecule has 0 unspecified atom stereocenters. The third kappa shape index (κ3) is 3.65. The lowest BCUT2D eigenvalue weighted by atomic mass is 10.00. The van der Waals surface area contributed by atoms with Gasteiger partial charge in [0.1, 0.15) is 5.67 Å². The van der Waals surface area contributed by atoms with E-state index in [4.69, 9.17) is 5.11 Å². The molecule has 0 aliphatic carbocycles. The van der Waals surface area contributed by atoms with Crippen molar-refractivity contribution in [2.75, 3.05) is 0 Å². The molecule has 0 saturated heterocycles. The maximum atomic E-state index is 13.6. The third-order valence-corrected chi connectivity index (χ3v) is 2.10. The first-order chi connectivity index (χ1) is 6.89. The molecular formula is C11H14FNO2. The first-order valence-electron chi connectivity index (χ1n) is 4.75. The molecule has 1 N–H and O–H groups in total. The molecule has 0 aliphatic heterocycles. The number of aryl methyl sites for hydroxylation is 1. The fraction of sp³-hybridized carbons (Fsp3) is 0.455. The molecule has 82 valence electrons. The van der Waals surface area contributed by atoms with Gasteiger partial charge in [0.2, 0.25) is 0 Å². The predicted octanol–water partition coefficient (Wildman–Crippen LogP) is 2.30. The Morgan fingerprint density at radius 2 is 2.27 bits per heavy atom. The Kier molecular flexibility index (Phi) is 3.39. The minimum atomic E-state index is -1.42. The summed E-state index contributed by atoms with van der Waals surface area (Å²) in [7, 11) is 0. The topological polar surface area (TPSA) is 50.2 Å². The van der Waals surface area contributed by atoms with E-state index in [1.54, 1.807) is 12.1 Å². The van der Waals surface area contributed by atoms with Crippen LogP contribution in [0.4, 0.5) is 4.39 Å². The van der Waals surface area contributed by atoms with E-state index in [0.29, 0.717) is 17.7 Å². The van der Waals surface area contributed by atoms with Gasteiger partial charge in [0, 0.05) is 18.3 Å². The molecule has 1 rings (SSSR count). The van der Waals surface area contributed by atoms with Crippen molar-refractivity contribution in [3.05, 3.63) is 29.6 Å². The van der Waals surface area contributed by atoms with Crippen molar-refractivity contribution in [2.24, 2.45) is 0 Å². The summed E-state index contributed by atoms with van der Waals surface area (Å²) >= 11 is 0. The zero-order valence-corrected chi connectivity index (χ0v) is 8.83. The minimum Gasteiger partial charge on any atom is -0.481 e. The SMILES string of the molecule is CC(C)(F)c1ccnc(CCC(=O)O)c1. The number of nitrogens with zero attached hydrogens (tertiary/aromatic N) is 1. The molecule has 0 saturated carbocycles. The smallest absolute Gasteiger partial charge is 0.303 e. The van der Waals surface area contributed by atoms with E-state index in [-0.39, 0.29) is 6.42 Å². The Hall–Kier alpha value is -1.45. The van der Waals surface area contributed by atoms with Gasteiger partial charge in [-0.05, 0) is 31.5 Å². The van der Waals surface area contributed by atoms with E-state index in [2.05, 4.69) is 4.98 Å². The van der Waals surface area contributed by atoms with Crippen LogP contribution in [0.5, 0.6) is 0 Å². The van der Waals surface area contributed by atoms with Crippen molar-refractivity contribution < 1.29 is 14.3 Å². The van der Waals surface area contributed by atoms with Gasteiger partial charge < -0.3 is 5.11 Å². The number of pyridine rings is 1. The van der Waals surface area contributed by atoms with E-state index < -0.39 is 11.6 Å². The van der Waals surface area contributed by atoms with Crippen LogP contribution in [-0.4, -0.2) is 16.1 Å². The molecule has 0 bridgehead atoms. The van der Waals surface area contributed by atoms with Crippen LogP contribution in [0, 0.1) is 0 Å². The molecule has 15 heavy (non-hydrogen) atoms. The first kappa shape index (κ1) is 11.6. The maximum absolute atomic E-state index is 13.6. The van der Waals surface area contributed by atoms with Crippen molar-refractivity contribution in [3.8, 4) is 0 Å². The highest BCUT2D eigenvalue weighted by molar-refractivity contribution is 5.66. The molecule has 4 heteroatoms. The number of hydrogen-bond donors (Lipinski definition) is 1. The standard InChI is InChI=1S/C11H14FNO2/c1-11(2,12)8-5-6-13-9(7-8)3-4-10(14)15/h5-7H,3-4H2,1-2H3,(H,14,15). The van der Waals surface area contributed by atoms with Crippen LogP contribution < -0.4 is 0 Å². The number of carboxylic acid groups (broad SMARTS) is 1. The van der Waals surface area contributed by atoms with E-state index in [0.717, 1.165) is 0 Å². The number of halogens is 1. The van der Waals surface area contributed by atoms with Gasteiger partial charge in [0.25, 0.3) is 0 Å². The number of carbonyl (C=O) groups is 1. The van der Waals surface area contributed by atoms with E-state index in [1.165, 1.54) is 20.0 Å². The molecule has 1 aromatic rings. The first-order valence-corrected chi connectivity index (χ1v) is 4.75. The van der Waals surface area contributed by atoms with Crippen molar-refractivity contribution >= 4 is 5.97 Å². The fourth-order valence-electron chi connectivity index (χ4n) is 1.22. The van der Waals surface area contributed by atoms with Gasteiger partial charge >= 0.3 is 5.97 Å². The summed E-state index contributed by atoms with van der Waals surface area (Å²) in [5.74, 6) is -0.873. The van der Waals surface area contributed by atoms with Gasteiger partial charge in [-0.25, -0.2) is 4.39 Å². The van der Waals surface area contributed by atoms with Crippen LogP contribution in [0.2, 0.25) is 0 Å². The van der Waals surface area contributed by atoms with Gasteiger partial charge in [-0.15, -0.1) is 0 Å². The highest BCUT2D eigenvalue weighted by Crippen LogP contribution is 2.24. The normalized spacial score (nSPS) is 11.4. The van der Waals surface area contributed by atoms with Crippen LogP contribution in [0.3, 0.4) is 0 Å². The second-order valence-corrected chi connectivity index (χ2v) is 3.90. The number of aromatic nitrogens is 1. The second-order valence-electron chi connectivity index (χ2n) is 3.90. The van der Waals surface area contributed by atoms with Gasteiger partial charge in [-0.3, -0.25) is 9.78 Å². The molecular weight excluding hydrogens is 197 g/mol. The average Bonchev–Trinajstić information content (AvgIpc) is 2.14. The Morgan fingerprint density at radius 3 is 2.80 bits per heavy atom. The molecule has 0 atom stereocenters. The van der Waals surface area contributed by atoms with Crippen LogP contribution in [0.25, 0.3) is 0 Å². The Morgan fingerprint density at radius 1 is 1.60 bits per heavy atom. The summed E-state index contributed by atoms with van der Waals surface area (Å²) in [6.45, 7) is 2.92. The predicted molar refractivity (Wildman–Crippen MR) is 54.3 cm³/mol. The molecule has 1 heterocycles. The summed E-state index contributed by atoms with van der Waals surface area (Å²) in [6.07, 6.45) is 1.86. The van der Waals surface area contributed by atoms with Crippen LogP contribution in [0.1, 0.15) is 31.5 Å². The van der Waals surface area contributed by atoms with Crippen molar-refractivity contribution in [1.29, 1.82) is 0 Å². The molecule has 0 amide bonds. The molecule has 0 spiro atoms. The fourth-order valence-corrected chi connectivity index (χ4v) is 1.22. The highest BCUT2D eigenvalue weighted by atomic mass is 19.1. The van der Waals surface area contributed by atoms with Crippen molar-refractivity contribution in [1.82, 2.24) is 4.98 Å². The summed E-state index contributed by atoms with van der Waals surface area (Å²) in [5, 5.41) is 8.50. The number of hydrogen-bond acceptors (Lipinski definition) is 2. The number of rotatable bonds is 4. The second kappa shape index (κ2) is 4.38. The molecule has 0 aromatic carbocycles. The lowest BCUT2D eigenvalue weighted by molar-refractivity contribution is -0.136. The average molecular weight is 211 g/mol. The highest BCUT2D eigenvalue weighted by Gasteiger charge is 2.18. The Balaban J connectivity index is 2.79. The van der Waals surface area contributed by atoms with Gasteiger partial charge in [0.05, 0.1) is 6.42 Å².